The second-order valence-electron chi connectivity index (χ2n) is 11.6. The molecule has 5 unspecified atom stereocenters. The van der Waals surface area contributed by atoms with Crippen molar-refractivity contribution in [3.63, 3.8) is 0 Å². The normalized spacial score (nSPS) is 37.9. The predicted molar refractivity (Wildman–Crippen MR) is 127 cm³/mol. The van der Waals surface area contributed by atoms with Crippen molar-refractivity contribution in [2.24, 2.45) is 46.8 Å². The number of fused-ring (bicyclic) bond motifs is 5. The Morgan fingerprint density at radius 2 is 1.86 bits per heavy atom. The molecule has 0 aromatic carbocycles. The molecule has 0 aliphatic heterocycles. The van der Waals surface area contributed by atoms with Crippen LogP contribution in [0, 0.1) is 46.8 Å². The highest BCUT2D eigenvalue weighted by atomic mass is 32.2. The molecule has 0 spiro atoms. The van der Waals surface area contributed by atoms with Gasteiger partial charge in [-0.2, -0.15) is 8.42 Å². The molecule has 0 bridgehead atoms. The van der Waals surface area contributed by atoms with E-state index in [0.717, 1.165) is 19.3 Å². The van der Waals surface area contributed by atoms with Gasteiger partial charge in [0.25, 0.3) is 10.1 Å². The van der Waals surface area contributed by atoms with E-state index in [2.05, 4.69) is 6.92 Å². The molecule has 4 fully saturated rings. The molecule has 0 radical (unpaired) electrons. The minimum absolute atomic E-state index is 0.0414. The molecule has 4 aliphatic carbocycles. The predicted octanol–water partition coefficient (Wildman–Crippen LogP) is 3.42. The van der Waals surface area contributed by atoms with Crippen LogP contribution in [0.1, 0.15) is 78.1 Å². The van der Waals surface area contributed by atoms with Crippen LogP contribution in [-0.4, -0.2) is 48.6 Å². The summed E-state index contributed by atoms with van der Waals surface area (Å²) in [5, 5.41) is 0. The van der Waals surface area contributed by atoms with E-state index in [-0.39, 0.29) is 72.3 Å². The molecular weight excluding hydrogens is 472 g/mol. The Labute approximate surface area is 207 Å². The molecule has 4 saturated carbocycles. The van der Waals surface area contributed by atoms with Crippen molar-refractivity contribution < 1.29 is 36.9 Å². The minimum atomic E-state index is -4.07. The third-order valence-electron chi connectivity index (χ3n) is 9.78. The fourth-order valence-corrected chi connectivity index (χ4v) is 8.64. The zero-order valence-electron chi connectivity index (χ0n) is 20.7. The lowest BCUT2D eigenvalue weighted by molar-refractivity contribution is -0.157. The highest BCUT2D eigenvalue weighted by Crippen LogP contribution is 2.63. The van der Waals surface area contributed by atoms with Crippen LogP contribution in [-0.2, 0) is 34.0 Å². The van der Waals surface area contributed by atoms with E-state index in [0.29, 0.717) is 38.0 Å². The molecule has 8 atom stereocenters. The SMILES string of the molecule is C[C@H](CCC(=O)OCCCS(=O)(=O)O)C1CC[C@H]2C3C(=O)CC4CC(=O)CCC4[C@H]3CC(=O)C12C. The van der Waals surface area contributed by atoms with Gasteiger partial charge in [0.1, 0.15) is 17.3 Å². The standard InChI is InChI=1S/C26H38O8S/c1-15(4-9-24(30)34-10-3-11-35(31,32)33)20-7-8-21-25-19(14-23(29)26(20,21)2)18-6-5-17(27)12-16(18)13-22(25)28/h15-16,18-21,25H,3-14H2,1-2H3,(H,31,32,33)/t15-,16?,18?,19-,20?,21+,25?,26?/m1/s1. The number of carbonyl (C=O) groups is 4. The highest BCUT2D eigenvalue weighted by molar-refractivity contribution is 7.85. The first kappa shape index (κ1) is 26.5. The number of hydrogen-bond acceptors (Lipinski definition) is 7. The van der Waals surface area contributed by atoms with Crippen molar-refractivity contribution in [1.82, 2.24) is 0 Å². The second-order valence-corrected chi connectivity index (χ2v) is 13.2. The summed E-state index contributed by atoms with van der Waals surface area (Å²) in [5.41, 5.74) is -0.563. The highest BCUT2D eigenvalue weighted by Gasteiger charge is 2.63. The topological polar surface area (TPSA) is 132 Å². The van der Waals surface area contributed by atoms with Gasteiger partial charge in [0.05, 0.1) is 12.4 Å². The van der Waals surface area contributed by atoms with E-state index in [1.807, 2.05) is 6.92 Å². The van der Waals surface area contributed by atoms with Crippen LogP contribution in [0.15, 0.2) is 0 Å². The molecule has 196 valence electrons. The summed E-state index contributed by atoms with van der Waals surface area (Å²) in [6, 6.07) is 0. The van der Waals surface area contributed by atoms with E-state index in [4.69, 9.17) is 9.29 Å². The molecule has 0 saturated heterocycles. The van der Waals surface area contributed by atoms with Crippen molar-refractivity contribution in [3.8, 4) is 0 Å². The van der Waals surface area contributed by atoms with E-state index in [1.165, 1.54) is 0 Å². The molecule has 4 rings (SSSR count). The van der Waals surface area contributed by atoms with Gasteiger partial charge in [-0.15, -0.1) is 0 Å². The van der Waals surface area contributed by atoms with Crippen LogP contribution < -0.4 is 0 Å². The largest absolute Gasteiger partial charge is 0.466 e. The Balaban J connectivity index is 1.37. The average molecular weight is 511 g/mol. The van der Waals surface area contributed by atoms with Gasteiger partial charge in [-0.05, 0) is 67.6 Å². The van der Waals surface area contributed by atoms with Crippen LogP contribution in [0.3, 0.4) is 0 Å². The van der Waals surface area contributed by atoms with Crippen molar-refractivity contribution in [2.45, 2.75) is 78.1 Å². The Bertz CT molecular complexity index is 987. The monoisotopic (exact) mass is 510 g/mol. The Kier molecular flexibility index (Phi) is 7.59. The van der Waals surface area contributed by atoms with Gasteiger partial charge >= 0.3 is 5.97 Å². The molecule has 9 heteroatoms. The van der Waals surface area contributed by atoms with Gasteiger partial charge in [0, 0.05) is 43.4 Å². The van der Waals surface area contributed by atoms with Crippen LogP contribution in [0.2, 0.25) is 0 Å². The smallest absolute Gasteiger partial charge is 0.305 e. The van der Waals surface area contributed by atoms with Crippen LogP contribution >= 0.6 is 0 Å². The summed E-state index contributed by atoms with van der Waals surface area (Å²) >= 11 is 0. The maximum atomic E-state index is 13.7. The number of ketones is 3. The number of ether oxygens (including phenoxy) is 1. The lowest BCUT2D eigenvalue weighted by Gasteiger charge is -2.54. The zero-order valence-corrected chi connectivity index (χ0v) is 21.6. The fraction of sp³-hybridized carbons (Fsp3) is 0.846. The first-order chi connectivity index (χ1) is 16.4. The Morgan fingerprint density at radius 1 is 1.11 bits per heavy atom. The van der Waals surface area contributed by atoms with E-state index < -0.39 is 27.3 Å². The number of Topliss-reactive ketones (excluding diaryl/α,β-unsaturated/α-hetero) is 3. The summed E-state index contributed by atoms with van der Waals surface area (Å²) in [6.45, 7) is 4.05. The number of esters is 1. The van der Waals surface area contributed by atoms with Crippen molar-refractivity contribution >= 4 is 33.4 Å². The van der Waals surface area contributed by atoms with Gasteiger partial charge in [-0.25, -0.2) is 0 Å². The molecular formula is C26H38O8S. The maximum absolute atomic E-state index is 13.7. The maximum Gasteiger partial charge on any atom is 0.305 e. The molecule has 0 aromatic rings. The lowest BCUT2D eigenvalue weighted by atomic mass is 9.48. The van der Waals surface area contributed by atoms with Gasteiger partial charge in [-0.3, -0.25) is 23.7 Å². The Hall–Kier alpha value is -1.61. The first-order valence-electron chi connectivity index (χ1n) is 13.1. The number of carbonyl (C=O) groups excluding carboxylic acids is 4. The van der Waals surface area contributed by atoms with Crippen molar-refractivity contribution in [2.75, 3.05) is 12.4 Å². The van der Waals surface area contributed by atoms with E-state index >= 15 is 0 Å². The van der Waals surface area contributed by atoms with Crippen LogP contribution in [0.4, 0.5) is 0 Å². The van der Waals surface area contributed by atoms with Crippen LogP contribution in [0.5, 0.6) is 0 Å². The van der Waals surface area contributed by atoms with Crippen LogP contribution in [0.25, 0.3) is 0 Å². The first-order valence-corrected chi connectivity index (χ1v) is 14.7. The zero-order chi connectivity index (χ0) is 25.5. The molecule has 35 heavy (non-hydrogen) atoms. The van der Waals surface area contributed by atoms with Crippen molar-refractivity contribution in [3.05, 3.63) is 0 Å². The van der Waals surface area contributed by atoms with Gasteiger partial charge in [-0.1, -0.05) is 13.8 Å². The molecule has 0 amide bonds. The van der Waals surface area contributed by atoms with Crippen molar-refractivity contribution in [1.29, 1.82) is 0 Å². The lowest BCUT2D eigenvalue weighted by Crippen LogP contribution is -2.56. The third kappa shape index (κ3) is 5.26. The molecule has 0 aromatic heterocycles. The molecule has 1 N–H and O–H groups in total. The summed E-state index contributed by atoms with van der Waals surface area (Å²) < 4.78 is 35.3. The fourth-order valence-electron chi connectivity index (χ4n) is 8.15. The van der Waals surface area contributed by atoms with Gasteiger partial charge < -0.3 is 4.74 Å². The van der Waals surface area contributed by atoms with Gasteiger partial charge in [0.2, 0.25) is 0 Å². The third-order valence-corrected chi connectivity index (χ3v) is 10.6. The van der Waals surface area contributed by atoms with E-state index in [1.54, 1.807) is 0 Å². The summed E-state index contributed by atoms with van der Waals surface area (Å²) in [7, 11) is -4.07. The quantitative estimate of drug-likeness (QED) is 0.298. The summed E-state index contributed by atoms with van der Waals surface area (Å²) in [6.07, 6.45) is 5.26. The molecule has 0 heterocycles. The Morgan fingerprint density at radius 3 is 2.57 bits per heavy atom. The minimum Gasteiger partial charge on any atom is -0.466 e. The number of hydrogen-bond donors (Lipinski definition) is 1. The summed E-state index contributed by atoms with van der Waals surface area (Å²) in [4.78, 5) is 51.1. The number of rotatable bonds is 8. The summed E-state index contributed by atoms with van der Waals surface area (Å²) in [5.74, 6) is 0.535. The average Bonchev–Trinajstić information content (AvgIpc) is 3.13. The van der Waals surface area contributed by atoms with Gasteiger partial charge in [0.15, 0.2) is 0 Å². The second kappa shape index (κ2) is 10.0. The van der Waals surface area contributed by atoms with E-state index in [9.17, 15) is 27.6 Å². The molecule has 4 aliphatic rings. The molecule has 8 nitrogen and oxygen atoms in total.